The zero-order valence-electron chi connectivity index (χ0n) is 27.7. The summed E-state index contributed by atoms with van der Waals surface area (Å²) in [5.41, 5.74) is 0.522. The van der Waals surface area contributed by atoms with Crippen LogP contribution in [0.3, 0.4) is 0 Å². The Balaban J connectivity index is 0.00000226. The average molecular weight is 621 g/mol. The van der Waals surface area contributed by atoms with Gasteiger partial charge in [-0.15, -0.1) is 0 Å². The molecule has 0 radical (unpaired) electrons. The Morgan fingerprint density at radius 1 is 0.911 bits per heavy atom. The van der Waals surface area contributed by atoms with E-state index in [-0.39, 0.29) is 35.8 Å². The normalized spacial score (nSPS) is 19.3. The van der Waals surface area contributed by atoms with Crippen LogP contribution in [0, 0.1) is 11.8 Å². The van der Waals surface area contributed by atoms with Gasteiger partial charge in [0.1, 0.15) is 17.1 Å². The summed E-state index contributed by atoms with van der Waals surface area (Å²) in [6.45, 7) is 12.0. The van der Waals surface area contributed by atoms with E-state index in [4.69, 9.17) is 4.74 Å². The van der Waals surface area contributed by atoms with Gasteiger partial charge in [-0.2, -0.15) is 0 Å². The smallest absolute Gasteiger partial charge is 0.410 e. The number of nitrogens with zero attached hydrogens (tertiary/aromatic N) is 7. The summed E-state index contributed by atoms with van der Waals surface area (Å²) in [6.07, 6.45) is 8.75. The number of carbonyl (C=O) groups is 3. The number of amides is 3. The monoisotopic (exact) mass is 620 g/mol. The molecule has 3 aliphatic rings. The summed E-state index contributed by atoms with van der Waals surface area (Å²) in [6, 6.07) is 7.19. The Bertz CT molecular complexity index is 1380. The molecule has 45 heavy (non-hydrogen) atoms. The van der Waals surface area contributed by atoms with Gasteiger partial charge < -0.3 is 29.3 Å². The van der Waals surface area contributed by atoms with Gasteiger partial charge in [0.2, 0.25) is 5.95 Å². The molecule has 2 aliphatic heterocycles. The lowest BCUT2D eigenvalue weighted by molar-refractivity contribution is 0.0275. The van der Waals surface area contributed by atoms with Gasteiger partial charge in [-0.05, 0) is 57.9 Å². The fraction of sp³-hybridized carbons (Fsp3) is 0.576. The predicted molar refractivity (Wildman–Crippen MR) is 173 cm³/mol. The van der Waals surface area contributed by atoms with E-state index in [1.807, 2.05) is 44.1 Å². The summed E-state index contributed by atoms with van der Waals surface area (Å²) in [5, 5.41) is 3.12. The first kappa shape index (κ1) is 33.7. The van der Waals surface area contributed by atoms with Gasteiger partial charge >= 0.3 is 6.09 Å². The van der Waals surface area contributed by atoms with Crippen LogP contribution in [-0.4, -0.2) is 98.0 Å². The second-order valence-corrected chi connectivity index (χ2v) is 12.8. The largest absolute Gasteiger partial charge is 0.444 e. The maximum absolute atomic E-state index is 13.3. The Kier molecular flexibility index (Phi) is 11.0. The van der Waals surface area contributed by atoms with Crippen molar-refractivity contribution < 1.29 is 19.1 Å². The van der Waals surface area contributed by atoms with Crippen molar-refractivity contribution in [2.45, 2.75) is 71.9 Å². The number of likely N-dealkylation sites (tertiary alicyclic amines) is 2. The van der Waals surface area contributed by atoms with Gasteiger partial charge in [0, 0.05) is 70.5 Å². The fourth-order valence-electron chi connectivity index (χ4n) is 6.02. The second kappa shape index (κ2) is 14.7. The van der Waals surface area contributed by atoms with Crippen LogP contribution < -0.4 is 5.32 Å². The van der Waals surface area contributed by atoms with Crippen molar-refractivity contribution in [2.75, 3.05) is 45.6 Å². The highest BCUT2D eigenvalue weighted by atomic mass is 16.6. The maximum atomic E-state index is 13.3. The minimum atomic E-state index is -0.530. The Labute approximate surface area is 266 Å². The quantitative estimate of drug-likeness (QED) is 0.476. The number of carbonyl (C=O) groups excluding carboxylic acids is 3. The van der Waals surface area contributed by atoms with Gasteiger partial charge in [0.25, 0.3) is 11.8 Å². The van der Waals surface area contributed by atoms with Crippen molar-refractivity contribution in [1.82, 2.24) is 34.2 Å². The van der Waals surface area contributed by atoms with Crippen LogP contribution in [0.1, 0.15) is 87.2 Å². The van der Waals surface area contributed by atoms with Gasteiger partial charge in [0.15, 0.2) is 0 Å². The van der Waals surface area contributed by atoms with Crippen LogP contribution in [0.4, 0.5) is 16.6 Å². The molecule has 4 heterocycles. The molecule has 244 valence electrons. The molecule has 2 aromatic heterocycles. The number of nitrogens with one attached hydrogen (secondary N) is 1. The molecule has 0 aromatic carbocycles. The van der Waals surface area contributed by atoms with E-state index in [9.17, 15) is 14.4 Å². The number of ether oxygens (including phenoxy) is 1. The molecular weight excluding hydrogens is 572 g/mol. The van der Waals surface area contributed by atoms with Crippen molar-refractivity contribution in [3.63, 3.8) is 0 Å². The molecule has 3 amide bonds. The summed E-state index contributed by atoms with van der Waals surface area (Å²) >= 11 is 0. The van der Waals surface area contributed by atoms with Crippen LogP contribution in [0.2, 0.25) is 0 Å². The number of hydrogen-bond acceptors (Lipinski definition) is 8. The van der Waals surface area contributed by atoms with Crippen LogP contribution in [0.25, 0.3) is 0 Å². The third kappa shape index (κ3) is 8.49. The zero-order valence-corrected chi connectivity index (χ0v) is 27.7. The van der Waals surface area contributed by atoms with Crippen LogP contribution in [0.5, 0.6) is 0 Å². The first-order valence-electron chi connectivity index (χ1n) is 16.0. The zero-order chi connectivity index (χ0) is 32.7. The molecule has 2 unspecified atom stereocenters. The van der Waals surface area contributed by atoms with E-state index < -0.39 is 5.60 Å². The lowest BCUT2D eigenvalue weighted by Crippen LogP contribution is -2.38. The molecule has 0 bridgehead atoms. The SMILES string of the molecule is CC.CN(C)C(=O)c1cccnc(Nc2ccc(C(=O)N3CC4CN(C(=O)OC(C)(C)C)CC4C3)cn2)ncn1C1CCCC1. The molecule has 1 aliphatic carbocycles. The number of fused-ring (bicyclic) bond motifs is 1. The van der Waals surface area contributed by atoms with Crippen LogP contribution in [-0.2, 0) is 4.74 Å². The highest BCUT2D eigenvalue weighted by Crippen LogP contribution is 2.33. The number of pyridine rings is 1. The van der Waals surface area contributed by atoms with E-state index in [0.29, 0.717) is 49.2 Å². The molecular formula is C33H48N8O4. The van der Waals surface area contributed by atoms with E-state index in [2.05, 4.69) is 20.3 Å². The molecule has 3 fully saturated rings. The Hall–Kier alpha value is -4.22. The highest BCUT2D eigenvalue weighted by molar-refractivity contribution is 5.94. The van der Waals surface area contributed by atoms with Crippen LogP contribution >= 0.6 is 0 Å². The van der Waals surface area contributed by atoms with E-state index in [1.165, 1.54) is 0 Å². The Morgan fingerprint density at radius 3 is 2.13 bits per heavy atom. The molecule has 1 saturated carbocycles. The van der Waals surface area contributed by atoms with Crippen molar-refractivity contribution >= 4 is 29.7 Å². The number of rotatable bonds is 5. The standard InChI is InChI=1S/C31H42N8O4.C2H6/c1-31(2,3)43-30(42)38-18-22-16-37(17-23(22)19-38)27(40)21-12-13-26(33-15-21)35-29-32-14-8-11-25(28(41)36(4)5)39(20-34-29)24-9-6-7-10-24;1-2/h8,11-15,20,22-24H,6-7,9-10,16-19H2,1-5H3,(H,32,33,35);1-2H3. The molecule has 1 N–H and O–H groups in total. The van der Waals surface area contributed by atoms with Crippen molar-refractivity contribution in [1.29, 1.82) is 0 Å². The molecule has 2 aromatic rings. The average Bonchev–Trinajstić information content (AvgIpc) is 3.76. The van der Waals surface area contributed by atoms with Crippen molar-refractivity contribution in [3.8, 4) is 0 Å². The Morgan fingerprint density at radius 2 is 1.56 bits per heavy atom. The third-order valence-electron chi connectivity index (χ3n) is 8.14. The van der Waals surface area contributed by atoms with Gasteiger partial charge in [-0.1, -0.05) is 26.7 Å². The van der Waals surface area contributed by atoms with Gasteiger partial charge in [-0.25, -0.2) is 19.7 Å². The third-order valence-corrected chi connectivity index (χ3v) is 8.14. The lowest BCUT2D eigenvalue weighted by Gasteiger charge is -2.26. The van der Waals surface area contributed by atoms with E-state index in [0.717, 1.165) is 25.7 Å². The first-order valence-corrected chi connectivity index (χ1v) is 16.0. The minimum absolute atomic E-state index is 0.0747. The predicted octanol–water partition coefficient (Wildman–Crippen LogP) is 5.32. The minimum Gasteiger partial charge on any atom is -0.444 e. The molecule has 2 saturated heterocycles. The van der Waals surface area contributed by atoms with E-state index >= 15 is 0 Å². The van der Waals surface area contributed by atoms with Crippen LogP contribution in [0.15, 0.2) is 43.0 Å². The number of hydrogen-bond donors (Lipinski definition) is 1. The van der Waals surface area contributed by atoms with Gasteiger partial charge in [-0.3, -0.25) is 9.59 Å². The summed E-state index contributed by atoms with van der Waals surface area (Å²) in [7, 11) is 3.48. The molecule has 12 heteroatoms. The fourth-order valence-corrected chi connectivity index (χ4v) is 6.02. The first-order chi connectivity index (χ1) is 21.5. The molecule has 2 atom stereocenters. The highest BCUT2D eigenvalue weighted by Gasteiger charge is 2.44. The maximum Gasteiger partial charge on any atom is 0.410 e. The summed E-state index contributed by atoms with van der Waals surface area (Å²) in [4.78, 5) is 57.3. The summed E-state index contributed by atoms with van der Waals surface area (Å²) in [5.74, 6) is 1.13. The lowest BCUT2D eigenvalue weighted by atomic mass is 10.0. The number of anilines is 2. The summed E-state index contributed by atoms with van der Waals surface area (Å²) < 4.78 is 7.47. The number of aromatic nitrogens is 4. The van der Waals surface area contributed by atoms with Crippen molar-refractivity contribution in [3.05, 3.63) is 54.2 Å². The van der Waals surface area contributed by atoms with Crippen molar-refractivity contribution in [2.24, 2.45) is 11.8 Å². The molecule has 0 spiro atoms. The topological polar surface area (TPSA) is 126 Å². The molecule has 5 rings (SSSR count). The van der Waals surface area contributed by atoms with E-state index in [1.54, 1.807) is 66.9 Å². The molecule has 12 nitrogen and oxygen atoms in total. The second-order valence-electron chi connectivity index (χ2n) is 12.8. The van der Waals surface area contributed by atoms with Gasteiger partial charge in [0.05, 0.1) is 11.9 Å².